The van der Waals surface area contributed by atoms with Crippen LogP contribution >= 0.6 is 0 Å². The number of nitrogens with zero attached hydrogens (tertiary/aromatic N) is 4. The molecule has 10 rings (SSSR count). The van der Waals surface area contributed by atoms with Gasteiger partial charge in [0.25, 0.3) is 0 Å². The summed E-state index contributed by atoms with van der Waals surface area (Å²) in [5, 5.41) is 24.4. The summed E-state index contributed by atoms with van der Waals surface area (Å²) in [6, 6.07) is 33.9. The molecule has 4 heterocycles. The maximum absolute atomic E-state index is 14.3. The molecule has 3 aromatic heterocycles. The second-order valence-corrected chi connectivity index (χ2v) is 15.0. The van der Waals surface area contributed by atoms with E-state index in [0.29, 0.717) is 71.4 Å². The average Bonchev–Trinajstić information content (AvgIpc) is 3.19. The Labute approximate surface area is 308 Å². The van der Waals surface area contributed by atoms with E-state index >= 15 is 0 Å². The monoisotopic (exact) mass is 706 g/mol. The van der Waals surface area contributed by atoms with Crippen molar-refractivity contribution in [3.8, 4) is 5.69 Å². The highest BCUT2D eigenvalue weighted by Crippen LogP contribution is 2.43. The number of hydrogen-bond acceptors (Lipinski definition) is 6. The highest BCUT2D eigenvalue weighted by Gasteiger charge is 2.29. The fourth-order valence-corrected chi connectivity index (χ4v) is 8.39. The topological polar surface area (TPSA) is 106 Å². The summed E-state index contributed by atoms with van der Waals surface area (Å²) in [5.74, 6) is 0.275. The first kappa shape index (κ1) is 32.2. The molecule has 1 aliphatic rings. The quantitative estimate of drug-likeness (QED) is 0.112. The molecule has 1 aliphatic heterocycles. The molecule has 0 aliphatic carbocycles. The van der Waals surface area contributed by atoms with Gasteiger partial charge in [-0.25, -0.2) is 0 Å². The minimum atomic E-state index is -0.988. The lowest BCUT2D eigenvalue weighted by Gasteiger charge is -2.29. The van der Waals surface area contributed by atoms with Crippen molar-refractivity contribution in [3.05, 3.63) is 162 Å². The van der Waals surface area contributed by atoms with Crippen molar-refractivity contribution in [1.82, 2.24) is 8.97 Å². The zero-order valence-corrected chi connectivity index (χ0v) is 30.1. The molecule has 9 aromatic rings. The van der Waals surface area contributed by atoms with Crippen LogP contribution in [-0.4, -0.2) is 14.1 Å². The van der Waals surface area contributed by atoms with Gasteiger partial charge in [-0.3, -0.25) is 14.4 Å². The molecule has 0 spiro atoms. The van der Waals surface area contributed by atoms with E-state index in [1.165, 1.54) is 0 Å². The molecule has 0 fully saturated rings. The number of aliphatic hydroxyl groups excluding tert-OH is 1. The number of rotatable bonds is 4. The normalized spacial score (nSPS) is 14.3. The lowest BCUT2D eigenvalue weighted by Crippen LogP contribution is -2.20. The predicted molar refractivity (Wildman–Crippen MR) is 217 cm³/mol. The second-order valence-electron chi connectivity index (χ2n) is 15.0. The van der Waals surface area contributed by atoms with E-state index in [2.05, 4.69) is 42.5 Å². The van der Waals surface area contributed by atoms with Crippen molar-refractivity contribution in [2.45, 2.75) is 45.6 Å². The van der Waals surface area contributed by atoms with Crippen LogP contribution in [0.15, 0.2) is 134 Å². The highest BCUT2D eigenvalue weighted by molar-refractivity contribution is 6.08. The Morgan fingerprint density at radius 1 is 0.519 bits per heavy atom. The summed E-state index contributed by atoms with van der Waals surface area (Å²) in [4.78, 5) is 41.8. The van der Waals surface area contributed by atoms with Gasteiger partial charge >= 0.3 is 0 Å². The Kier molecular flexibility index (Phi) is 6.85. The number of hydrogen-bond donors (Lipinski definition) is 1. The van der Waals surface area contributed by atoms with E-state index in [1.807, 2.05) is 108 Å². The summed E-state index contributed by atoms with van der Waals surface area (Å²) in [6.07, 6.45) is -0.988. The second kappa shape index (κ2) is 11.5. The number of benzene rings is 6. The first-order chi connectivity index (χ1) is 26.1. The lowest BCUT2D eigenvalue weighted by atomic mass is 9.88. The molecular formula is C46H34N4O4. The maximum Gasteiger partial charge on any atom is 0.197 e. The van der Waals surface area contributed by atoms with Gasteiger partial charge in [-0.2, -0.15) is 10.2 Å². The van der Waals surface area contributed by atoms with E-state index in [0.717, 1.165) is 27.8 Å². The molecule has 8 heteroatoms. The third kappa shape index (κ3) is 4.43. The Bertz CT molecular complexity index is 3320. The molecule has 0 saturated carbocycles. The number of azo groups is 1. The van der Waals surface area contributed by atoms with E-state index in [-0.39, 0.29) is 28.1 Å². The van der Waals surface area contributed by atoms with Crippen molar-refractivity contribution in [2.75, 3.05) is 0 Å². The molecule has 0 saturated heterocycles. The van der Waals surface area contributed by atoms with E-state index in [4.69, 9.17) is 0 Å². The van der Waals surface area contributed by atoms with Crippen LogP contribution in [0, 0.1) is 0 Å². The molecule has 0 radical (unpaired) electrons. The van der Waals surface area contributed by atoms with Gasteiger partial charge in [-0.15, -0.1) is 0 Å². The van der Waals surface area contributed by atoms with Crippen LogP contribution in [0.5, 0.6) is 0 Å². The Morgan fingerprint density at radius 2 is 1.04 bits per heavy atom. The largest absolute Gasteiger partial charge is 0.383 e. The first-order valence-corrected chi connectivity index (χ1v) is 18.3. The Morgan fingerprint density at radius 3 is 1.70 bits per heavy atom. The highest BCUT2D eigenvalue weighted by atomic mass is 16.3. The number of aromatic nitrogens is 2. The van der Waals surface area contributed by atoms with E-state index < -0.39 is 6.10 Å². The Hall–Kier alpha value is -6.51. The van der Waals surface area contributed by atoms with Crippen LogP contribution in [0.2, 0.25) is 0 Å². The molecule has 54 heavy (non-hydrogen) atoms. The first-order valence-electron chi connectivity index (χ1n) is 18.3. The summed E-state index contributed by atoms with van der Waals surface area (Å²) >= 11 is 0. The van der Waals surface area contributed by atoms with Gasteiger partial charge in [-0.1, -0.05) is 58.0 Å². The molecule has 1 atom stereocenters. The van der Waals surface area contributed by atoms with Gasteiger partial charge in [0, 0.05) is 43.4 Å². The van der Waals surface area contributed by atoms with Crippen LogP contribution in [0.25, 0.3) is 65.6 Å². The van der Waals surface area contributed by atoms with Crippen LogP contribution in [0.1, 0.15) is 67.9 Å². The SMILES string of the molecule is CC(C)c1cc2c3c(c1)c(=O)c1ccccc1n3-c1ccc(/N=N/c3ccc4c(c3)c(=O)c3cc(C(C)C)cc5c(=O)c6ccccc6n4c53)cc1C2O. The summed E-state index contributed by atoms with van der Waals surface area (Å²) < 4.78 is 4.10. The van der Waals surface area contributed by atoms with Gasteiger partial charge in [-0.05, 0) is 102 Å². The molecule has 1 N–H and O–H groups in total. The van der Waals surface area contributed by atoms with Gasteiger partial charge < -0.3 is 14.1 Å². The van der Waals surface area contributed by atoms with Crippen LogP contribution < -0.4 is 16.3 Å². The predicted octanol–water partition coefficient (Wildman–Crippen LogP) is 10.1. The molecule has 0 amide bonds. The standard InChI is InChI=1S/C46H34N4O4/c1-23(2)25-17-33-41-35(19-25)45(53)31-21-27(13-15-39(31)49(41)37-11-7-5-9-29(37)43(33)51)47-48-28-14-16-40-32(22-28)46(54)36-20-26(24(3)4)18-34-42(36)50(40)38-12-8-6-10-30(38)44(34)52/h5-24,45,53H,1-4H3/b48-47+. The van der Waals surface area contributed by atoms with Crippen molar-refractivity contribution in [3.63, 3.8) is 0 Å². The van der Waals surface area contributed by atoms with Crippen molar-refractivity contribution >= 4 is 71.3 Å². The van der Waals surface area contributed by atoms with Gasteiger partial charge in [0.15, 0.2) is 16.3 Å². The minimum absolute atomic E-state index is 0.0486. The summed E-state index contributed by atoms with van der Waals surface area (Å²) in [6.45, 7) is 8.26. The molecule has 262 valence electrons. The molecule has 6 aromatic carbocycles. The van der Waals surface area contributed by atoms with E-state index in [1.54, 1.807) is 6.07 Å². The molecule has 1 unspecified atom stereocenters. The number of fused-ring (bicyclic) bond motifs is 8. The van der Waals surface area contributed by atoms with Gasteiger partial charge in [0.2, 0.25) is 0 Å². The van der Waals surface area contributed by atoms with Crippen LogP contribution in [-0.2, 0) is 0 Å². The third-order valence-electron chi connectivity index (χ3n) is 11.2. The van der Waals surface area contributed by atoms with E-state index in [9.17, 15) is 19.5 Å². The number of pyridine rings is 3. The molecule has 8 nitrogen and oxygen atoms in total. The zero-order valence-electron chi connectivity index (χ0n) is 30.1. The summed E-state index contributed by atoms with van der Waals surface area (Å²) in [5.41, 5.74) is 8.26. The zero-order chi connectivity index (χ0) is 37.2. The molecule has 0 bridgehead atoms. The van der Waals surface area contributed by atoms with Crippen LogP contribution in [0.4, 0.5) is 11.4 Å². The Balaban J connectivity index is 1.14. The number of para-hydroxylation sites is 2. The number of aliphatic hydroxyl groups is 1. The fourth-order valence-electron chi connectivity index (χ4n) is 8.39. The summed E-state index contributed by atoms with van der Waals surface area (Å²) in [7, 11) is 0. The third-order valence-corrected chi connectivity index (χ3v) is 11.2. The molecular weight excluding hydrogens is 673 g/mol. The van der Waals surface area contributed by atoms with Gasteiger partial charge in [0.05, 0.1) is 44.6 Å². The maximum atomic E-state index is 14.3. The van der Waals surface area contributed by atoms with Gasteiger partial charge in [0.1, 0.15) is 6.10 Å². The minimum Gasteiger partial charge on any atom is -0.383 e. The van der Waals surface area contributed by atoms with Crippen molar-refractivity contribution in [1.29, 1.82) is 0 Å². The van der Waals surface area contributed by atoms with Crippen LogP contribution in [0.3, 0.4) is 0 Å². The van der Waals surface area contributed by atoms with Crippen molar-refractivity contribution in [2.24, 2.45) is 10.2 Å². The smallest absolute Gasteiger partial charge is 0.197 e. The lowest BCUT2D eigenvalue weighted by molar-refractivity contribution is 0.219. The van der Waals surface area contributed by atoms with Crippen molar-refractivity contribution < 1.29 is 5.11 Å². The average molecular weight is 707 g/mol. The fraction of sp³-hybridized carbons (Fsp3) is 0.152.